The number of nitrogen functional groups attached to an aromatic ring is 1. The van der Waals surface area contributed by atoms with Crippen molar-refractivity contribution < 1.29 is 0 Å². The van der Waals surface area contributed by atoms with E-state index in [0.717, 1.165) is 5.56 Å². The second kappa shape index (κ2) is 5.03. The maximum atomic E-state index is 9.15. The van der Waals surface area contributed by atoms with Gasteiger partial charge >= 0.3 is 0 Å². The maximum Gasteiger partial charge on any atom is 0.140 e. The number of aromatic nitrogens is 2. The maximum absolute atomic E-state index is 9.15. The van der Waals surface area contributed by atoms with Crippen molar-refractivity contribution in [3.8, 4) is 23.4 Å². The summed E-state index contributed by atoms with van der Waals surface area (Å²) >= 11 is 0. The molecule has 1 aromatic heterocycles. The summed E-state index contributed by atoms with van der Waals surface area (Å²) in [5.41, 5.74) is 7.63. The van der Waals surface area contributed by atoms with Gasteiger partial charge in [0.2, 0.25) is 0 Å². The largest absolute Gasteiger partial charge is 0.383 e. The third-order valence-corrected chi connectivity index (χ3v) is 2.59. The molecule has 88 valence electrons. The third kappa shape index (κ3) is 2.02. The summed E-state index contributed by atoms with van der Waals surface area (Å²) < 4.78 is 1.50. The first-order valence-corrected chi connectivity index (χ1v) is 5.46. The van der Waals surface area contributed by atoms with E-state index in [1.165, 1.54) is 4.68 Å². The van der Waals surface area contributed by atoms with Crippen molar-refractivity contribution in [2.75, 3.05) is 5.73 Å². The Labute approximate surface area is 105 Å². The molecule has 2 aromatic rings. The third-order valence-electron chi connectivity index (χ3n) is 2.59. The van der Waals surface area contributed by atoms with Crippen LogP contribution in [0, 0.1) is 22.7 Å². The smallest absolute Gasteiger partial charge is 0.140 e. The molecule has 0 radical (unpaired) electrons. The molecule has 1 heterocycles. The highest BCUT2D eigenvalue weighted by molar-refractivity contribution is 5.72. The van der Waals surface area contributed by atoms with E-state index in [2.05, 4.69) is 11.2 Å². The fourth-order valence-corrected chi connectivity index (χ4v) is 1.71. The van der Waals surface area contributed by atoms with Crippen molar-refractivity contribution >= 4 is 5.82 Å². The lowest BCUT2D eigenvalue weighted by Gasteiger charge is -1.98. The molecule has 5 heteroatoms. The lowest BCUT2D eigenvalue weighted by molar-refractivity contribution is 0.639. The monoisotopic (exact) mass is 237 g/mol. The summed E-state index contributed by atoms with van der Waals surface area (Å²) in [5.74, 6) is 0.312. The molecule has 0 atom stereocenters. The van der Waals surface area contributed by atoms with Crippen molar-refractivity contribution in [1.82, 2.24) is 9.78 Å². The minimum absolute atomic E-state index is 0.310. The van der Waals surface area contributed by atoms with Crippen LogP contribution in [0.1, 0.15) is 12.0 Å². The Hall–Kier alpha value is -2.79. The van der Waals surface area contributed by atoms with Crippen LogP contribution in [0.2, 0.25) is 0 Å². The Morgan fingerprint density at radius 2 is 1.94 bits per heavy atom. The summed E-state index contributed by atoms with van der Waals surface area (Å²) in [6.07, 6.45) is 0.310. The Morgan fingerprint density at radius 1 is 1.22 bits per heavy atom. The molecule has 0 unspecified atom stereocenters. The van der Waals surface area contributed by atoms with E-state index >= 15 is 0 Å². The molecular weight excluding hydrogens is 226 g/mol. The van der Waals surface area contributed by atoms with Gasteiger partial charge in [0.15, 0.2) is 0 Å². The number of nitrogens with two attached hydrogens (primary N) is 1. The Morgan fingerprint density at radius 3 is 2.56 bits per heavy atom. The van der Waals surface area contributed by atoms with E-state index in [0.29, 0.717) is 30.0 Å². The number of anilines is 1. The number of benzene rings is 1. The van der Waals surface area contributed by atoms with Gasteiger partial charge in [0.1, 0.15) is 23.1 Å². The average molecular weight is 237 g/mol. The highest BCUT2D eigenvalue weighted by Crippen LogP contribution is 2.26. The van der Waals surface area contributed by atoms with Gasteiger partial charge in [0.25, 0.3) is 0 Å². The molecule has 0 aliphatic rings. The molecular formula is C13H11N5. The van der Waals surface area contributed by atoms with Crippen LogP contribution in [0.25, 0.3) is 11.3 Å². The molecule has 5 nitrogen and oxygen atoms in total. The van der Waals surface area contributed by atoms with Crippen LogP contribution in [0.5, 0.6) is 0 Å². The zero-order chi connectivity index (χ0) is 13.0. The number of aryl methyl sites for hydroxylation is 1. The highest BCUT2D eigenvalue weighted by atomic mass is 15.3. The first kappa shape index (κ1) is 11.7. The molecule has 0 aliphatic heterocycles. The number of nitrogens with zero attached hydrogens (tertiary/aromatic N) is 4. The van der Waals surface area contributed by atoms with E-state index in [9.17, 15) is 0 Å². The first-order chi connectivity index (χ1) is 8.77. The van der Waals surface area contributed by atoms with Gasteiger partial charge in [-0.05, 0) is 0 Å². The van der Waals surface area contributed by atoms with Gasteiger partial charge in [0, 0.05) is 5.56 Å². The molecule has 0 saturated carbocycles. The fourth-order valence-electron chi connectivity index (χ4n) is 1.71. The van der Waals surface area contributed by atoms with Crippen LogP contribution < -0.4 is 5.73 Å². The highest BCUT2D eigenvalue weighted by Gasteiger charge is 2.16. The van der Waals surface area contributed by atoms with Crippen LogP contribution in [-0.4, -0.2) is 9.78 Å². The second-order valence-corrected chi connectivity index (χ2v) is 3.72. The van der Waals surface area contributed by atoms with E-state index in [4.69, 9.17) is 16.3 Å². The van der Waals surface area contributed by atoms with E-state index < -0.39 is 0 Å². The number of hydrogen-bond donors (Lipinski definition) is 1. The van der Waals surface area contributed by atoms with E-state index in [1.54, 1.807) is 0 Å². The minimum Gasteiger partial charge on any atom is -0.383 e. The molecule has 18 heavy (non-hydrogen) atoms. The molecule has 2 N–H and O–H groups in total. The van der Waals surface area contributed by atoms with E-state index in [1.807, 2.05) is 36.4 Å². The van der Waals surface area contributed by atoms with Crippen molar-refractivity contribution in [3.05, 3.63) is 35.9 Å². The molecule has 0 aliphatic carbocycles. The minimum atomic E-state index is 0.310. The van der Waals surface area contributed by atoms with Crippen LogP contribution in [-0.2, 0) is 6.54 Å². The molecule has 1 aromatic carbocycles. The second-order valence-electron chi connectivity index (χ2n) is 3.72. The summed E-state index contributed by atoms with van der Waals surface area (Å²) in [6, 6.07) is 13.5. The summed E-state index contributed by atoms with van der Waals surface area (Å²) in [6.45, 7) is 0.393. The van der Waals surface area contributed by atoms with Gasteiger partial charge in [-0.1, -0.05) is 30.3 Å². The fraction of sp³-hybridized carbons (Fsp3) is 0.154. The summed E-state index contributed by atoms with van der Waals surface area (Å²) in [4.78, 5) is 0. The molecule has 0 bridgehead atoms. The number of nitriles is 2. The zero-order valence-electron chi connectivity index (χ0n) is 9.67. The lowest BCUT2D eigenvalue weighted by Crippen LogP contribution is -2.04. The molecule has 0 fully saturated rings. The van der Waals surface area contributed by atoms with Crippen LogP contribution in [0.4, 0.5) is 5.82 Å². The van der Waals surface area contributed by atoms with Gasteiger partial charge in [-0.25, -0.2) is 4.68 Å². The predicted octanol–water partition coefficient (Wildman–Crippen LogP) is 1.92. The van der Waals surface area contributed by atoms with Crippen molar-refractivity contribution in [3.63, 3.8) is 0 Å². The molecule has 0 amide bonds. The van der Waals surface area contributed by atoms with E-state index in [-0.39, 0.29) is 0 Å². The van der Waals surface area contributed by atoms with Crippen molar-refractivity contribution in [1.29, 1.82) is 10.5 Å². The van der Waals surface area contributed by atoms with Crippen molar-refractivity contribution in [2.45, 2.75) is 13.0 Å². The normalized spacial score (nSPS) is 9.67. The van der Waals surface area contributed by atoms with Gasteiger partial charge in [-0.2, -0.15) is 15.6 Å². The number of hydrogen-bond acceptors (Lipinski definition) is 4. The Balaban J connectivity index is 2.49. The molecule has 0 spiro atoms. The standard InChI is InChI=1S/C13H11N5/c14-7-4-8-18-13(16)11(9-15)12(17-18)10-5-2-1-3-6-10/h1-3,5-6H,4,8,16H2. The SMILES string of the molecule is N#CCCn1nc(-c2ccccc2)c(C#N)c1N. The van der Waals surface area contributed by atoms with Gasteiger partial charge in [-0.15, -0.1) is 0 Å². The van der Waals surface area contributed by atoms with Gasteiger partial charge in [-0.3, -0.25) is 0 Å². The average Bonchev–Trinajstić information content (AvgIpc) is 2.74. The molecule has 0 saturated heterocycles. The number of rotatable bonds is 3. The lowest BCUT2D eigenvalue weighted by atomic mass is 10.1. The Kier molecular flexibility index (Phi) is 3.26. The Bertz CT molecular complexity index is 628. The summed E-state index contributed by atoms with van der Waals surface area (Å²) in [7, 11) is 0. The van der Waals surface area contributed by atoms with Crippen molar-refractivity contribution in [2.24, 2.45) is 0 Å². The van der Waals surface area contributed by atoms with Crippen LogP contribution in [0.15, 0.2) is 30.3 Å². The topological polar surface area (TPSA) is 91.4 Å². The summed E-state index contributed by atoms with van der Waals surface area (Å²) in [5, 5.41) is 22.0. The van der Waals surface area contributed by atoms with Gasteiger partial charge < -0.3 is 5.73 Å². The quantitative estimate of drug-likeness (QED) is 0.882. The van der Waals surface area contributed by atoms with Gasteiger partial charge in [0.05, 0.1) is 19.0 Å². The zero-order valence-corrected chi connectivity index (χ0v) is 9.67. The van der Waals surface area contributed by atoms with Crippen LogP contribution in [0.3, 0.4) is 0 Å². The van der Waals surface area contributed by atoms with Crippen LogP contribution >= 0.6 is 0 Å². The predicted molar refractivity (Wildman–Crippen MR) is 67.0 cm³/mol. The molecule has 2 rings (SSSR count). The first-order valence-electron chi connectivity index (χ1n) is 5.46.